The van der Waals surface area contributed by atoms with Gasteiger partial charge in [0.1, 0.15) is 29.3 Å². The van der Waals surface area contributed by atoms with Crippen molar-refractivity contribution in [2.75, 3.05) is 5.73 Å². The van der Waals surface area contributed by atoms with Crippen LogP contribution in [0.2, 0.25) is 0 Å². The minimum Gasteiger partial charge on any atom is -0.457 e. The number of nitrogens with two attached hydrogens (primary N) is 1. The third kappa shape index (κ3) is 2.44. The molecule has 1 aromatic carbocycles. The lowest BCUT2D eigenvalue weighted by atomic mass is 10.2. The molecule has 0 unspecified atom stereocenters. The molecule has 0 spiro atoms. The van der Waals surface area contributed by atoms with Gasteiger partial charge in [0.25, 0.3) is 0 Å². The molecule has 0 fully saturated rings. The lowest BCUT2D eigenvalue weighted by Crippen LogP contribution is -1.92. The van der Waals surface area contributed by atoms with E-state index in [-0.39, 0.29) is 5.69 Å². The summed E-state index contributed by atoms with van der Waals surface area (Å²) in [7, 11) is 0. The highest BCUT2D eigenvalue weighted by molar-refractivity contribution is 5.54. The first-order chi connectivity index (χ1) is 9.72. The third-order valence-corrected chi connectivity index (χ3v) is 2.63. The molecule has 2 heterocycles. The first kappa shape index (κ1) is 12.2. The average Bonchev–Trinajstić information content (AvgIpc) is 2.97. The summed E-state index contributed by atoms with van der Waals surface area (Å²) >= 11 is 0. The molecule has 2 aromatic heterocycles. The van der Waals surface area contributed by atoms with Crippen LogP contribution in [0.5, 0.6) is 11.5 Å². The first-order valence-electron chi connectivity index (χ1n) is 5.80. The predicted molar refractivity (Wildman–Crippen MR) is 70.6 cm³/mol. The zero-order valence-corrected chi connectivity index (χ0v) is 10.3. The van der Waals surface area contributed by atoms with Crippen molar-refractivity contribution in [3.05, 3.63) is 55.0 Å². The van der Waals surface area contributed by atoms with E-state index in [1.54, 1.807) is 24.4 Å². The monoisotopic (exact) mass is 271 g/mol. The van der Waals surface area contributed by atoms with Crippen molar-refractivity contribution in [2.24, 2.45) is 0 Å². The Morgan fingerprint density at radius 1 is 1.05 bits per heavy atom. The molecule has 3 rings (SSSR count). The topological polar surface area (TPSA) is 74.2 Å². The van der Waals surface area contributed by atoms with Crippen molar-refractivity contribution in [1.29, 1.82) is 0 Å². The molecule has 3 aromatic rings. The molecule has 5 nitrogen and oxygen atoms in total. The van der Waals surface area contributed by atoms with E-state index in [2.05, 4.69) is 9.97 Å². The normalized spacial score (nSPS) is 10.4. The van der Waals surface area contributed by atoms with Crippen molar-refractivity contribution in [2.45, 2.75) is 0 Å². The van der Waals surface area contributed by atoms with Crippen LogP contribution in [0.4, 0.5) is 10.1 Å². The Balaban J connectivity index is 1.87. The van der Waals surface area contributed by atoms with Crippen LogP contribution in [0.1, 0.15) is 0 Å². The Morgan fingerprint density at radius 2 is 1.90 bits per heavy atom. The fraction of sp³-hybridized carbons (Fsp3) is 0. The number of benzene rings is 1. The maximum atomic E-state index is 13.3. The molecule has 0 aliphatic carbocycles. The van der Waals surface area contributed by atoms with Gasteiger partial charge in [0.2, 0.25) is 0 Å². The van der Waals surface area contributed by atoms with Gasteiger partial charge in [0.15, 0.2) is 6.39 Å². The number of hydrogen-bond acceptors (Lipinski definition) is 5. The van der Waals surface area contributed by atoms with Gasteiger partial charge in [-0.1, -0.05) is 0 Å². The van der Waals surface area contributed by atoms with Crippen LogP contribution in [-0.2, 0) is 0 Å². The largest absolute Gasteiger partial charge is 0.457 e. The van der Waals surface area contributed by atoms with Gasteiger partial charge >= 0.3 is 0 Å². The van der Waals surface area contributed by atoms with E-state index in [4.69, 9.17) is 14.9 Å². The van der Waals surface area contributed by atoms with Crippen LogP contribution in [-0.4, -0.2) is 9.97 Å². The molecule has 0 atom stereocenters. The molecule has 100 valence electrons. The van der Waals surface area contributed by atoms with E-state index in [9.17, 15) is 4.39 Å². The standard InChI is InChI=1S/C14H10FN3O2/c15-11-5-9(1-2-12(11)16)20-10-3-4-17-13(6-10)14-7-19-8-18-14/h1-8H,16H2. The number of ether oxygens (including phenoxy) is 1. The van der Waals surface area contributed by atoms with Crippen molar-refractivity contribution < 1.29 is 13.5 Å². The summed E-state index contributed by atoms with van der Waals surface area (Å²) in [5.41, 5.74) is 6.69. The number of nitrogen functional groups attached to an aromatic ring is 1. The van der Waals surface area contributed by atoms with E-state index in [1.165, 1.54) is 24.8 Å². The second kappa shape index (κ2) is 5.00. The summed E-state index contributed by atoms with van der Waals surface area (Å²) in [6, 6.07) is 7.62. The molecule has 0 saturated heterocycles. The molecular formula is C14H10FN3O2. The fourth-order valence-corrected chi connectivity index (χ4v) is 1.66. The van der Waals surface area contributed by atoms with Crippen molar-refractivity contribution in [3.8, 4) is 22.9 Å². The molecule has 0 radical (unpaired) electrons. The summed E-state index contributed by atoms with van der Waals surface area (Å²) in [6.45, 7) is 0. The number of halogens is 1. The molecule has 0 saturated carbocycles. The minimum absolute atomic E-state index is 0.0790. The Morgan fingerprint density at radius 3 is 2.65 bits per heavy atom. The highest BCUT2D eigenvalue weighted by Gasteiger charge is 2.06. The van der Waals surface area contributed by atoms with Gasteiger partial charge in [-0.3, -0.25) is 4.98 Å². The van der Waals surface area contributed by atoms with Crippen LogP contribution >= 0.6 is 0 Å². The Hall–Kier alpha value is -2.89. The highest BCUT2D eigenvalue weighted by Crippen LogP contribution is 2.26. The number of aromatic nitrogens is 2. The zero-order valence-electron chi connectivity index (χ0n) is 10.3. The molecule has 20 heavy (non-hydrogen) atoms. The van der Waals surface area contributed by atoms with Gasteiger partial charge in [-0.2, -0.15) is 0 Å². The SMILES string of the molecule is Nc1ccc(Oc2ccnc(-c3cocn3)c2)cc1F. The van der Waals surface area contributed by atoms with E-state index < -0.39 is 5.82 Å². The Kier molecular flexibility index (Phi) is 3.04. The van der Waals surface area contributed by atoms with Crippen LogP contribution in [0.3, 0.4) is 0 Å². The van der Waals surface area contributed by atoms with E-state index in [1.807, 2.05) is 0 Å². The lowest BCUT2D eigenvalue weighted by molar-refractivity contribution is 0.477. The van der Waals surface area contributed by atoms with Gasteiger partial charge in [-0.15, -0.1) is 0 Å². The van der Waals surface area contributed by atoms with Crippen LogP contribution in [0, 0.1) is 5.82 Å². The number of rotatable bonds is 3. The smallest absolute Gasteiger partial charge is 0.181 e. The molecule has 0 aliphatic heterocycles. The Bertz CT molecular complexity index is 729. The molecule has 2 N–H and O–H groups in total. The maximum absolute atomic E-state index is 13.3. The molecular weight excluding hydrogens is 261 g/mol. The number of nitrogens with zero attached hydrogens (tertiary/aromatic N) is 2. The quantitative estimate of drug-likeness (QED) is 0.740. The third-order valence-electron chi connectivity index (χ3n) is 2.63. The van der Waals surface area contributed by atoms with Gasteiger partial charge in [0.05, 0.1) is 11.4 Å². The summed E-state index contributed by atoms with van der Waals surface area (Å²) in [5, 5.41) is 0. The summed E-state index contributed by atoms with van der Waals surface area (Å²) in [6.07, 6.45) is 4.38. The fourth-order valence-electron chi connectivity index (χ4n) is 1.66. The van der Waals surface area contributed by atoms with Crippen molar-refractivity contribution in [1.82, 2.24) is 9.97 Å². The minimum atomic E-state index is -0.520. The molecule has 0 amide bonds. The number of pyridine rings is 1. The van der Waals surface area contributed by atoms with Crippen LogP contribution < -0.4 is 10.5 Å². The first-order valence-corrected chi connectivity index (χ1v) is 5.80. The van der Waals surface area contributed by atoms with Crippen molar-refractivity contribution >= 4 is 5.69 Å². The second-order valence-electron chi connectivity index (χ2n) is 4.04. The maximum Gasteiger partial charge on any atom is 0.181 e. The molecule has 6 heteroatoms. The summed E-state index contributed by atoms with van der Waals surface area (Å²) < 4.78 is 23.8. The lowest BCUT2D eigenvalue weighted by Gasteiger charge is -2.07. The average molecular weight is 271 g/mol. The van der Waals surface area contributed by atoms with Crippen molar-refractivity contribution in [3.63, 3.8) is 0 Å². The number of hydrogen-bond donors (Lipinski definition) is 1. The van der Waals surface area contributed by atoms with Gasteiger partial charge in [0, 0.05) is 18.3 Å². The Labute approximate surface area is 113 Å². The van der Waals surface area contributed by atoms with Gasteiger partial charge < -0.3 is 14.9 Å². The molecule has 0 aliphatic rings. The van der Waals surface area contributed by atoms with Crippen LogP contribution in [0.15, 0.2) is 53.6 Å². The zero-order chi connectivity index (χ0) is 13.9. The second-order valence-corrected chi connectivity index (χ2v) is 4.04. The predicted octanol–water partition coefficient (Wildman–Crippen LogP) is 3.25. The number of anilines is 1. The van der Waals surface area contributed by atoms with Gasteiger partial charge in [-0.25, -0.2) is 9.37 Å². The van der Waals surface area contributed by atoms with Gasteiger partial charge in [-0.05, 0) is 18.2 Å². The van der Waals surface area contributed by atoms with E-state index in [0.717, 1.165) is 0 Å². The van der Waals surface area contributed by atoms with Crippen LogP contribution in [0.25, 0.3) is 11.4 Å². The highest BCUT2D eigenvalue weighted by atomic mass is 19.1. The molecule has 0 bridgehead atoms. The summed E-state index contributed by atoms with van der Waals surface area (Å²) in [4.78, 5) is 8.16. The number of oxazole rings is 1. The summed E-state index contributed by atoms with van der Waals surface area (Å²) in [5.74, 6) is 0.351. The van der Waals surface area contributed by atoms with E-state index >= 15 is 0 Å². The van der Waals surface area contributed by atoms with E-state index in [0.29, 0.717) is 22.9 Å².